The fourth-order valence-electron chi connectivity index (χ4n) is 3.35. The van der Waals surface area contributed by atoms with Crippen LogP contribution in [0.4, 0.5) is 0 Å². The summed E-state index contributed by atoms with van der Waals surface area (Å²) < 4.78 is 0. The van der Waals surface area contributed by atoms with E-state index >= 15 is 0 Å². The molecule has 0 aliphatic carbocycles. The highest BCUT2D eigenvalue weighted by Gasteiger charge is 2.33. The first-order chi connectivity index (χ1) is 13.5. The zero-order valence-corrected chi connectivity index (χ0v) is 17.0. The van der Waals surface area contributed by atoms with Crippen molar-refractivity contribution in [3.8, 4) is 0 Å². The number of nitrogens with zero attached hydrogens (tertiary/aromatic N) is 3. The van der Waals surface area contributed by atoms with Crippen LogP contribution in [0, 0.1) is 6.92 Å². The van der Waals surface area contributed by atoms with Gasteiger partial charge in [-0.05, 0) is 44.5 Å². The van der Waals surface area contributed by atoms with Gasteiger partial charge in [0.05, 0.1) is 11.8 Å². The standard InChI is InChI=1S/C20H26ClN5O2/c1-14-17(12-23-24-14)20(28)26-11-10-25(2)18(13-26)19(27)22-9-3-4-15-5-7-16(21)8-6-15/h5-8,12,18H,3-4,9-11,13H2,1-2H3,(H,22,27)(H,23,24)/t18-/m0/s1. The molecule has 0 unspecified atom stereocenters. The quantitative estimate of drug-likeness (QED) is 0.721. The summed E-state index contributed by atoms with van der Waals surface area (Å²) in [6.07, 6.45) is 3.27. The van der Waals surface area contributed by atoms with Crippen LogP contribution in [0.2, 0.25) is 5.02 Å². The van der Waals surface area contributed by atoms with E-state index in [1.165, 1.54) is 5.56 Å². The Labute approximate surface area is 170 Å². The number of rotatable bonds is 6. The summed E-state index contributed by atoms with van der Waals surface area (Å²) in [5.41, 5.74) is 2.50. The molecule has 1 aliphatic heterocycles. The Hall–Kier alpha value is -2.38. The number of halogens is 1. The Morgan fingerprint density at radius 2 is 2.04 bits per heavy atom. The summed E-state index contributed by atoms with van der Waals surface area (Å²) in [5.74, 6) is -0.125. The summed E-state index contributed by atoms with van der Waals surface area (Å²) in [5, 5.41) is 10.4. The molecular weight excluding hydrogens is 378 g/mol. The molecule has 1 aromatic carbocycles. The largest absolute Gasteiger partial charge is 0.355 e. The maximum absolute atomic E-state index is 12.7. The predicted octanol–water partition coefficient (Wildman–Crippen LogP) is 1.88. The molecule has 1 atom stereocenters. The number of piperazine rings is 1. The number of carbonyl (C=O) groups is 2. The number of aromatic nitrogens is 2. The average molecular weight is 404 g/mol. The van der Waals surface area contributed by atoms with Gasteiger partial charge in [0, 0.05) is 36.9 Å². The van der Waals surface area contributed by atoms with Crippen molar-refractivity contribution in [1.82, 2.24) is 25.3 Å². The highest BCUT2D eigenvalue weighted by atomic mass is 35.5. The van der Waals surface area contributed by atoms with Gasteiger partial charge < -0.3 is 10.2 Å². The van der Waals surface area contributed by atoms with Gasteiger partial charge in [-0.25, -0.2) is 0 Å². The number of aryl methyl sites for hydroxylation is 2. The van der Waals surface area contributed by atoms with Crippen LogP contribution in [0.5, 0.6) is 0 Å². The molecule has 0 bridgehead atoms. The van der Waals surface area contributed by atoms with Crippen molar-refractivity contribution in [2.75, 3.05) is 33.2 Å². The van der Waals surface area contributed by atoms with Crippen molar-refractivity contribution in [3.63, 3.8) is 0 Å². The van der Waals surface area contributed by atoms with Crippen LogP contribution in [-0.2, 0) is 11.2 Å². The number of hydrogen-bond donors (Lipinski definition) is 2. The Bertz CT molecular complexity index is 820. The molecule has 0 saturated carbocycles. The molecule has 2 aromatic rings. The maximum atomic E-state index is 12.7. The molecule has 1 aliphatic rings. The molecule has 3 rings (SSSR count). The molecule has 28 heavy (non-hydrogen) atoms. The molecule has 150 valence electrons. The second-order valence-electron chi connectivity index (χ2n) is 7.18. The Morgan fingerprint density at radius 1 is 1.29 bits per heavy atom. The zero-order chi connectivity index (χ0) is 20.1. The van der Waals surface area contributed by atoms with Gasteiger partial charge in [0.15, 0.2) is 0 Å². The smallest absolute Gasteiger partial charge is 0.257 e. The number of benzene rings is 1. The van der Waals surface area contributed by atoms with E-state index in [-0.39, 0.29) is 17.9 Å². The summed E-state index contributed by atoms with van der Waals surface area (Å²) in [4.78, 5) is 29.1. The first-order valence-electron chi connectivity index (χ1n) is 9.47. The number of H-pyrrole nitrogens is 1. The summed E-state index contributed by atoms with van der Waals surface area (Å²) in [6.45, 7) is 4.05. The van der Waals surface area contributed by atoms with E-state index in [9.17, 15) is 9.59 Å². The number of nitrogens with one attached hydrogen (secondary N) is 2. The minimum absolute atomic E-state index is 0.0416. The van der Waals surface area contributed by atoms with Gasteiger partial charge in [-0.2, -0.15) is 5.10 Å². The molecule has 2 heterocycles. The van der Waals surface area contributed by atoms with E-state index in [1.54, 1.807) is 11.1 Å². The van der Waals surface area contributed by atoms with Gasteiger partial charge in [0.2, 0.25) is 5.91 Å². The average Bonchev–Trinajstić information content (AvgIpc) is 3.12. The van der Waals surface area contributed by atoms with E-state index in [1.807, 2.05) is 43.1 Å². The van der Waals surface area contributed by atoms with E-state index in [4.69, 9.17) is 11.6 Å². The van der Waals surface area contributed by atoms with E-state index in [0.29, 0.717) is 31.7 Å². The molecule has 2 amide bonds. The van der Waals surface area contributed by atoms with Crippen LogP contribution in [-0.4, -0.2) is 71.1 Å². The highest BCUT2D eigenvalue weighted by Crippen LogP contribution is 2.14. The second-order valence-corrected chi connectivity index (χ2v) is 7.61. The monoisotopic (exact) mass is 403 g/mol. The number of amides is 2. The topological polar surface area (TPSA) is 81.3 Å². The fraction of sp³-hybridized carbons (Fsp3) is 0.450. The highest BCUT2D eigenvalue weighted by molar-refractivity contribution is 6.30. The van der Waals surface area contributed by atoms with Crippen molar-refractivity contribution >= 4 is 23.4 Å². The third-order valence-electron chi connectivity index (χ3n) is 5.15. The van der Waals surface area contributed by atoms with Crippen LogP contribution < -0.4 is 5.32 Å². The van der Waals surface area contributed by atoms with Crippen LogP contribution >= 0.6 is 11.6 Å². The summed E-state index contributed by atoms with van der Waals surface area (Å²) >= 11 is 5.89. The number of likely N-dealkylation sites (N-methyl/N-ethyl adjacent to an activating group) is 1. The molecule has 8 heteroatoms. The van der Waals surface area contributed by atoms with Crippen molar-refractivity contribution in [3.05, 3.63) is 52.3 Å². The first kappa shape index (κ1) is 20.4. The van der Waals surface area contributed by atoms with Crippen molar-refractivity contribution < 1.29 is 9.59 Å². The van der Waals surface area contributed by atoms with E-state index in [0.717, 1.165) is 23.6 Å². The van der Waals surface area contributed by atoms with Crippen LogP contribution in [0.25, 0.3) is 0 Å². The Morgan fingerprint density at radius 3 is 2.71 bits per heavy atom. The molecule has 0 radical (unpaired) electrons. The molecule has 0 spiro atoms. The van der Waals surface area contributed by atoms with Crippen molar-refractivity contribution in [1.29, 1.82) is 0 Å². The van der Waals surface area contributed by atoms with Crippen molar-refractivity contribution in [2.45, 2.75) is 25.8 Å². The van der Waals surface area contributed by atoms with Crippen LogP contribution in [0.1, 0.15) is 28.0 Å². The molecule has 1 saturated heterocycles. The molecule has 1 aromatic heterocycles. The fourth-order valence-corrected chi connectivity index (χ4v) is 3.48. The van der Waals surface area contributed by atoms with Crippen molar-refractivity contribution in [2.24, 2.45) is 0 Å². The van der Waals surface area contributed by atoms with Gasteiger partial charge in [0.1, 0.15) is 6.04 Å². The second kappa shape index (κ2) is 9.21. The molecule has 2 N–H and O–H groups in total. The van der Waals surface area contributed by atoms with Gasteiger partial charge in [-0.15, -0.1) is 0 Å². The Balaban J connectivity index is 1.49. The zero-order valence-electron chi connectivity index (χ0n) is 16.2. The molecule has 1 fully saturated rings. The number of aromatic amines is 1. The summed E-state index contributed by atoms with van der Waals surface area (Å²) in [7, 11) is 1.92. The maximum Gasteiger partial charge on any atom is 0.257 e. The van der Waals surface area contributed by atoms with Gasteiger partial charge >= 0.3 is 0 Å². The minimum atomic E-state index is -0.347. The summed E-state index contributed by atoms with van der Waals surface area (Å²) in [6, 6.07) is 7.40. The SMILES string of the molecule is Cc1[nH]ncc1C(=O)N1CCN(C)[C@H](C(=O)NCCCc2ccc(Cl)cc2)C1. The lowest BCUT2D eigenvalue weighted by Crippen LogP contribution is -2.58. The van der Waals surface area contributed by atoms with Gasteiger partial charge in [-0.3, -0.25) is 19.6 Å². The van der Waals surface area contributed by atoms with Gasteiger partial charge in [-0.1, -0.05) is 23.7 Å². The van der Waals surface area contributed by atoms with E-state index in [2.05, 4.69) is 15.5 Å². The number of carbonyl (C=O) groups excluding carboxylic acids is 2. The van der Waals surface area contributed by atoms with Crippen LogP contribution in [0.3, 0.4) is 0 Å². The Kier molecular flexibility index (Phi) is 6.70. The molecular formula is C20H26ClN5O2. The lowest BCUT2D eigenvalue weighted by atomic mass is 10.1. The van der Waals surface area contributed by atoms with Gasteiger partial charge in [0.25, 0.3) is 5.91 Å². The lowest BCUT2D eigenvalue weighted by Gasteiger charge is -2.38. The number of hydrogen-bond acceptors (Lipinski definition) is 4. The van der Waals surface area contributed by atoms with Crippen LogP contribution in [0.15, 0.2) is 30.5 Å². The third-order valence-corrected chi connectivity index (χ3v) is 5.40. The molecule has 7 nitrogen and oxygen atoms in total. The lowest BCUT2D eigenvalue weighted by molar-refractivity contribution is -0.127. The predicted molar refractivity (Wildman–Crippen MR) is 108 cm³/mol. The first-order valence-corrected chi connectivity index (χ1v) is 9.85. The minimum Gasteiger partial charge on any atom is -0.355 e. The van der Waals surface area contributed by atoms with E-state index < -0.39 is 0 Å². The normalized spacial score (nSPS) is 17.5. The third kappa shape index (κ3) is 4.91.